The van der Waals surface area contributed by atoms with Gasteiger partial charge in [0.15, 0.2) is 0 Å². The van der Waals surface area contributed by atoms with Gasteiger partial charge in [-0.25, -0.2) is 0 Å². The van der Waals surface area contributed by atoms with Crippen molar-refractivity contribution in [3.63, 3.8) is 0 Å². The van der Waals surface area contributed by atoms with Gasteiger partial charge in [0.1, 0.15) is 0 Å². The monoisotopic (exact) mass is 239 g/mol. The van der Waals surface area contributed by atoms with Crippen LogP contribution in [0.15, 0.2) is 0 Å². The van der Waals surface area contributed by atoms with Crippen molar-refractivity contribution in [3.05, 3.63) is 17.0 Å². The minimum atomic E-state index is 0.190. The second-order valence-electron chi connectivity index (χ2n) is 4.35. The van der Waals surface area contributed by atoms with Crippen molar-refractivity contribution < 1.29 is 4.74 Å². The Hall–Kier alpha value is -0.870. The van der Waals surface area contributed by atoms with E-state index in [9.17, 15) is 0 Å². The van der Waals surface area contributed by atoms with Crippen LogP contribution >= 0.6 is 0 Å². The highest BCUT2D eigenvalue weighted by Gasteiger charge is 2.15. The first-order valence-corrected chi connectivity index (χ1v) is 6.48. The van der Waals surface area contributed by atoms with Gasteiger partial charge >= 0.3 is 0 Å². The molecule has 98 valence electrons. The lowest BCUT2D eigenvalue weighted by Gasteiger charge is -2.12. The number of aromatic nitrogens is 2. The summed E-state index contributed by atoms with van der Waals surface area (Å²) in [6.45, 7) is 7.88. The van der Waals surface area contributed by atoms with Gasteiger partial charge in [-0.3, -0.25) is 4.68 Å². The SMILES string of the molecule is CCc1nn(CC(C)OC)c(CC)c1CCN. The molecular formula is C13H25N3O. The Morgan fingerprint density at radius 3 is 2.53 bits per heavy atom. The number of ether oxygens (including phenoxy) is 1. The van der Waals surface area contributed by atoms with E-state index >= 15 is 0 Å². The number of rotatable bonds is 7. The summed E-state index contributed by atoms with van der Waals surface area (Å²) in [6, 6.07) is 0. The van der Waals surface area contributed by atoms with Crippen molar-refractivity contribution in [3.8, 4) is 0 Å². The Bertz CT molecular complexity index is 347. The number of hydrogen-bond acceptors (Lipinski definition) is 3. The van der Waals surface area contributed by atoms with Crippen LogP contribution in [0, 0.1) is 0 Å². The minimum absolute atomic E-state index is 0.190. The molecule has 1 rings (SSSR count). The molecule has 0 fully saturated rings. The van der Waals surface area contributed by atoms with E-state index in [1.807, 2.05) is 0 Å². The molecule has 0 bridgehead atoms. The van der Waals surface area contributed by atoms with E-state index in [-0.39, 0.29) is 6.10 Å². The molecule has 17 heavy (non-hydrogen) atoms. The average Bonchev–Trinajstić information content (AvgIpc) is 2.66. The second-order valence-corrected chi connectivity index (χ2v) is 4.35. The summed E-state index contributed by atoms with van der Waals surface area (Å²) in [5.41, 5.74) is 9.54. The summed E-state index contributed by atoms with van der Waals surface area (Å²) >= 11 is 0. The van der Waals surface area contributed by atoms with Gasteiger partial charge in [0.2, 0.25) is 0 Å². The normalized spacial score (nSPS) is 13.0. The zero-order valence-corrected chi connectivity index (χ0v) is 11.5. The Labute approximate surface area is 104 Å². The van der Waals surface area contributed by atoms with Gasteiger partial charge in [-0.2, -0.15) is 5.10 Å². The van der Waals surface area contributed by atoms with E-state index in [0.29, 0.717) is 6.54 Å². The Kier molecular flexibility index (Phi) is 5.65. The minimum Gasteiger partial charge on any atom is -0.380 e. The summed E-state index contributed by atoms with van der Waals surface area (Å²) in [5, 5.41) is 4.69. The van der Waals surface area contributed by atoms with Crippen LogP contribution in [-0.4, -0.2) is 29.5 Å². The molecule has 4 nitrogen and oxygen atoms in total. The lowest BCUT2D eigenvalue weighted by Crippen LogP contribution is -2.18. The number of nitrogens with zero attached hydrogens (tertiary/aromatic N) is 2. The average molecular weight is 239 g/mol. The molecule has 0 aromatic carbocycles. The molecule has 0 aliphatic heterocycles. The number of aryl methyl sites for hydroxylation is 1. The molecule has 4 heteroatoms. The van der Waals surface area contributed by atoms with Crippen LogP contribution in [0.4, 0.5) is 0 Å². The first-order valence-electron chi connectivity index (χ1n) is 6.48. The topological polar surface area (TPSA) is 53.1 Å². The highest BCUT2D eigenvalue weighted by molar-refractivity contribution is 5.27. The third kappa shape index (κ3) is 3.30. The molecule has 0 spiro atoms. The van der Waals surface area contributed by atoms with Crippen molar-refractivity contribution in [1.82, 2.24) is 9.78 Å². The van der Waals surface area contributed by atoms with Gasteiger partial charge in [0, 0.05) is 12.8 Å². The molecule has 1 heterocycles. The van der Waals surface area contributed by atoms with Crippen molar-refractivity contribution >= 4 is 0 Å². The van der Waals surface area contributed by atoms with Crippen LogP contribution in [0.1, 0.15) is 37.7 Å². The predicted octanol–water partition coefficient (Wildman–Crippen LogP) is 1.54. The Morgan fingerprint density at radius 1 is 1.35 bits per heavy atom. The van der Waals surface area contributed by atoms with Gasteiger partial charge in [-0.15, -0.1) is 0 Å². The quantitative estimate of drug-likeness (QED) is 0.785. The van der Waals surface area contributed by atoms with E-state index in [1.165, 1.54) is 17.0 Å². The van der Waals surface area contributed by atoms with Crippen LogP contribution in [0.3, 0.4) is 0 Å². The van der Waals surface area contributed by atoms with Crippen molar-refractivity contribution in [1.29, 1.82) is 0 Å². The van der Waals surface area contributed by atoms with Gasteiger partial charge < -0.3 is 10.5 Å². The fourth-order valence-electron chi connectivity index (χ4n) is 2.17. The van der Waals surface area contributed by atoms with Crippen LogP contribution in [-0.2, 0) is 30.5 Å². The first kappa shape index (κ1) is 14.2. The number of methoxy groups -OCH3 is 1. The van der Waals surface area contributed by atoms with Gasteiger partial charge in [0.25, 0.3) is 0 Å². The van der Waals surface area contributed by atoms with Crippen LogP contribution in [0.5, 0.6) is 0 Å². The van der Waals surface area contributed by atoms with Crippen molar-refractivity contribution in [2.75, 3.05) is 13.7 Å². The maximum atomic E-state index is 5.68. The molecule has 0 saturated carbocycles. The molecule has 1 aromatic heterocycles. The van der Waals surface area contributed by atoms with Crippen LogP contribution < -0.4 is 5.73 Å². The van der Waals surface area contributed by atoms with E-state index in [1.54, 1.807) is 7.11 Å². The zero-order valence-electron chi connectivity index (χ0n) is 11.5. The first-order chi connectivity index (χ1) is 8.17. The molecule has 2 N–H and O–H groups in total. The van der Waals surface area contributed by atoms with E-state index in [2.05, 4.69) is 30.6 Å². The third-order valence-corrected chi connectivity index (χ3v) is 3.15. The van der Waals surface area contributed by atoms with Gasteiger partial charge in [-0.05, 0) is 38.3 Å². The largest absolute Gasteiger partial charge is 0.380 e. The molecule has 0 amide bonds. The standard InChI is InChI=1S/C13H25N3O/c1-5-12-11(7-8-14)13(6-2)16(15-12)9-10(3)17-4/h10H,5-9,14H2,1-4H3. The summed E-state index contributed by atoms with van der Waals surface area (Å²) in [7, 11) is 1.74. The maximum Gasteiger partial charge on any atom is 0.0739 e. The van der Waals surface area contributed by atoms with Crippen LogP contribution in [0.2, 0.25) is 0 Å². The zero-order chi connectivity index (χ0) is 12.8. The second kappa shape index (κ2) is 6.77. The Balaban J connectivity index is 3.03. The fraction of sp³-hybridized carbons (Fsp3) is 0.769. The van der Waals surface area contributed by atoms with Crippen molar-refractivity contribution in [2.24, 2.45) is 5.73 Å². The molecule has 0 radical (unpaired) electrons. The lowest BCUT2D eigenvalue weighted by atomic mass is 10.1. The molecular weight excluding hydrogens is 214 g/mol. The van der Waals surface area contributed by atoms with Crippen LogP contribution in [0.25, 0.3) is 0 Å². The molecule has 1 unspecified atom stereocenters. The van der Waals surface area contributed by atoms with E-state index < -0.39 is 0 Å². The lowest BCUT2D eigenvalue weighted by molar-refractivity contribution is 0.0989. The molecule has 1 aromatic rings. The summed E-state index contributed by atoms with van der Waals surface area (Å²) in [6.07, 6.45) is 3.08. The smallest absolute Gasteiger partial charge is 0.0739 e. The number of hydrogen-bond donors (Lipinski definition) is 1. The van der Waals surface area contributed by atoms with E-state index in [0.717, 1.165) is 25.8 Å². The summed E-state index contributed by atoms with van der Waals surface area (Å²) < 4.78 is 7.41. The number of nitrogens with two attached hydrogens (primary N) is 1. The molecule has 1 atom stereocenters. The maximum absolute atomic E-state index is 5.68. The van der Waals surface area contributed by atoms with E-state index in [4.69, 9.17) is 10.5 Å². The highest BCUT2D eigenvalue weighted by Crippen LogP contribution is 2.17. The predicted molar refractivity (Wildman–Crippen MR) is 70.2 cm³/mol. The molecule has 0 saturated heterocycles. The van der Waals surface area contributed by atoms with Gasteiger partial charge in [0.05, 0.1) is 18.3 Å². The summed E-state index contributed by atoms with van der Waals surface area (Å²) in [4.78, 5) is 0. The van der Waals surface area contributed by atoms with Crippen molar-refractivity contribution in [2.45, 2.75) is 52.7 Å². The summed E-state index contributed by atoms with van der Waals surface area (Å²) in [5.74, 6) is 0. The molecule has 0 aliphatic carbocycles. The highest BCUT2D eigenvalue weighted by atomic mass is 16.5. The fourth-order valence-corrected chi connectivity index (χ4v) is 2.17. The van der Waals surface area contributed by atoms with Gasteiger partial charge in [-0.1, -0.05) is 13.8 Å². The molecule has 0 aliphatic rings. The third-order valence-electron chi connectivity index (χ3n) is 3.15. The Morgan fingerprint density at radius 2 is 2.06 bits per heavy atom.